The molecule has 0 saturated carbocycles. The first-order chi connectivity index (χ1) is 10.5. The van der Waals surface area contributed by atoms with Gasteiger partial charge < -0.3 is 4.74 Å². The summed E-state index contributed by atoms with van der Waals surface area (Å²) in [6, 6.07) is 6.55. The lowest BCUT2D eigenvalue weighted by atomic mass is 10.3. The van der Waals surface area contributed by atoms with E-state index in [1.165, 1.54) is 13.2 Å². The van der Waals surface area contributed by atoms with E-state index in [4.69, 9.17) is 4.74 Å². The predicted molar refractivity (Wildman–Crippen MR) is 84.3 cm³/mol. The molecule has 6 nitrogen and oxygen atoms in total. The standard InChI is InChI=1S/C15H21N3O3S/c1-4-9-18-11-13(12(2)17-18)10-16-22(19,20)15-8-6-5-7-14(15)21-3/h5-8,11,16H,4,9-10H2,1-3H3. The molecule has 2 aromatic rings. The number of para-hydroxylation sites is 1. The molecular weight excluding hydrogens is 302 g/mol. The third-order valence-corrected chi connectivity index (χ3v) is 4.75. The summed E-state index contributed by atoms with van der Waals surface area (Å²) >= 11 is 0. The zero-order chi connectivity index (χ0) is 16.2. The van der Waals surface area contributed by atoms with Crippen LogP contribution in [-0.2, 0) is 23.1 Å². The van der Waals surface area contributed by atoms with Gasteiger partial charge in [0.15, 0.2) is 0 Å². The van der Waals surface area contributed by atoms with Crippen LogP contribution in [0.1, 0.15) is 24.6 Å². The minimum absolute atomic E-state index is 0.135. The normalized spacial score (nSPS) is 11.6. The summed E-state index contributed by atoms with van der Waals surface area (Å²) in [5.74, 6) is 0.327. The maximum Gasteiger partial charge on any atom is 0.244 e. The maximum absolute atomic E-state index is 12.4. The predicted octanol–water partition coefficient (Wildman–Crippen LogP) is 2.09. The minimum Gasteiger partial charge on any atom is -0.495 e. The van der Waals surface area contributed by atoms with Crippen molar-refractivity contribution in [3.63, 3.8) is 0 Å². The average molecular weight is 323 g/mol. The molecule has 0 saturated heterocycles. The summed E-state index contributed by atoms with van der Waals surface area (Å²) in [6.45, 7) is 4.97. The van der Waals surface area contributed by atoms with Crippen molar-refractivity contribution in [3.8, 4) is 5.75 Å². The number of sulfonamides is 1. The van der Waals surface area contributed by atoms with E-state index in [-0.39, 0.29) is 11.4 Å². The van der Waals surface area contributed by atoms with Crippen molar-refractivity contribution in [2.24, 2.45) is 0 Å². The molecular formula is C15H21N3O3S. The molecule has 0 aliphatic rings. The second-order valence-electron chi connectivity index (χ2n) is 4.98. The highest BCUT2D eigenvalue weighted by atomic mass is 32.2. The summed E-state index contributed by atoms with van der Waals surface area (Å²) in [5, 5.41) is 4.36. The first kappa shape index (κ1) is 16.5. The van der Waals surface area contributed by atoms with Crippen LogP contribution in [0.3, 0.4) is 0 Å². The van der Waals surface area contributed by atoms with E-state index in [0.29, 0.717) is 5.75 Å². The number of aryl methyl sites for hydroxylation is 2. The maximum atomic E-state index is 12.4. The van der Waals surface area contributed by atoms with Crippen molar-refractivity contribution in [2.45, 2.75) is 38.3 Å². The van der Waals surface area contributed by atoms with Crippen LogP contribution in [0, 0.1) is 6.92 Å². The van der Waals surface area contributed by atoms with Gasteiger partial charge in [-0.3, -0.25) is 4.68 Å². The van der Waals surface area contributed by atoms with Crippen LogP contribution < -0.4 is 9.46 Å². The molecule has 0 aliphatic carbocycles. The van der Waals surface area contributed by atoms with Gasteiger partial charge in [0.05, 0.1) is 12.8 Å². The largest absolute Gasteiger partial charge is 0.495 e. The second-order valence-corrected chi connectivity index (χ2v) is 6.71. The van der Waals surface area contributed by atoms with Crippen molar-refractivity contribution >= 4 is 10.0 Å². The fourth-order valence-corrected chi connectivity index (χ4v) is 3.34. The van der Waals surface area contributed by atoms with Crippen LogP contribution in [0.15, 0.2) is 35.4 Å². The zero-order valence-corrected chi connectivity index (χ0v) is 13.9. The summed E-state index contributed by atoms with van der Waals surface area (Å²) in [6.07, 6.45) is 2.86. The topological polar surface area (TPSA) is 73.2 Å². The van der Waals surface area contributed by atoms with E-state index in [1.54, 1.807) is 18.2 Å². The van der Waals surface area contributed by atoms with Crippen molar-refractivity contribution in [2.75, 3.05) is 7.11 Å². The van der Waals surface area contributed by atoms with Gasteiger partial charge in [-0.15, -0.1) is 0 Å². The van der Waals surface area contributed by atoms with Crippen LogP contribution >= 0.6 is 0 Å². The van der Waals surface area contributed by atoms with Gasteiger partial charge in [-0.05, 0) is 25.5 Å². The molecule has 120 valence electrons. The third kappa shape index (κ3) is 3.66. The van der Waals surface area contributed by atoms with Crippen LogP contribution in [0.5, 0.6) is 5.75 Å². The van der Waals surface area contributed by atoms with Crippen molar-refractivity contribution in [1.29, 1.82) is 0 Å². The van der Waals surface area contributed by atoms with Gasteiger partial charge in [0.2, 0.25) is 10.0 Å². The fraction of sp³-hybridized carbons (Fsp3) is 0.400. The highest BCUT2D eigenvalue weighted by molar-refractivity contribution is 7.89. The number of nitrogens with zero attached hydrogens (tertiary/aromatic N) is 2. The summed E-state index contributed by atoms with van der Waals surface area (Å²) in [4.78, 5) is 0.135. The molecule has 1 N–H and O–H groups in total. The molecule has 0 aliphatic heterocycles. The Kier molecular flexibility index (Phi) is 5.20. The van der Waals surface area contributed by atoms with Crippen molar-refractivity contribution in [3.05, 3.63) is 41.7 Å². The number of nitrogens with one attached hydrogen (secondary N) is 1. The lowest BCUT2D eigenvalue weighted by molar-refractivity contribution is 0.402. The Labute approximate surface area is 131 Å². The molecule has 0 atom stereocenters. The van der Waals surface area contributed by atoms with Gasteiger partial charge in [-0.2, -0.15) is 5.10 Å². The van der Waals surface area contributed by atoms with E-state index < -0.39 is 10.0 Å². The van der Waals surface area contributed by atoms with Gasteiger partial charge in [0.1, 0.15) is 10.6 Å². The van der Waals surface area contributed by atoms with E-state index in [2.05, 4.69) is 16.7 Å². The van der Waals surface area contributed by atoms with Crippen molar-refractivity contribution in [1.82, 2.24) is 14.5 Å². The van der Waals surface area contributed by atoms with Crippen LogP contribution in [0.25, 0.3) is 0 Å². The molecule has 1 heterocycles. The Hall–Kier alpha value is -1.86. The highest BCUT2D eigenvalue weighted by Crippen LogP contribution is 2.22. The van der Waals surface area contributed by atoms with Crippen LogP contribution in [0.4, 0.5) is 0 Å². The molecule has 22 heavy (non-hydrogen) atoms. The number of methoxy groups -OCH3 is 1. The molecule has 7 heteroatoms. The fourth-order valence-electron chi connectivity index (χ4n) is 2.17. The van der Waals surface area contributed by atoms with Gasteiger partial charge in [0, 0.05) is 24.8 Å². The second kappa shape index (κ2) is 6.93. The SMILES string of the molecule is CCCn1cc(CNS(=O)(=O)c2ccccc2OC)c(C)n1. The van der Waals surface area contributed by atoms with Crippen LogP contribution in [0.2, 0.25) is 0 Å². The molecule has 0 spiro atoms. The molecule has 1 aromatic heterocycles. The molecule has 0 radical (unpaired) electrons. The Balaban J connectivity index is 2.16. The monoisotopic (exact) mass is 323 g/mol. The number of hydrogen-bond acceptors (Lipinski definition) is 4. The average Bonchev–Trinajstić information content (AvgIpc) is 2.85. The molecule has 0 bridgehead atoms. The van der Waals surface area contributed by atoms with E-state index in [9.17, 15) is 8.42 Å². The number of rotatable bonds is 7. The van der Waals surface area contributed by atoms with Gasteiger partial charge >= 0.3 is 0 Å². The number of benzene rings is 1. The first-order valence-electron chi connectivity index (χ1n) is 7.13. The lowest BCUT2D eigenvalue weighted by Crippen LogP contribution is -2.23. The number of aromatic nitrogens is 2. The van der Waals surface area contributed by atoms with Gasteiger partial charge in [-0.1, -0.05) is 19.1 Å². The Morgan fingerprint density at radius 1 is 1.32 bits per heavy atom. The Morgan fingerprint density at radius 3 is 2.73 bits per heavy atom. The van der Waals surface area contributed by atoms with E-state index in [0.717, 1.165) is 24.2 Å². The molecule has 0 unspecified atom stereocenters. The molecule has 0 fully saturated rings. The quantitative estimate of drug-likeness (QED) is 0.847. The van der Waals surface area contributed by atoms with E-state index >= 15 is 0 Å². The summed E-state index contributed by atoms with van der Waals surface area (Å²) in [7, 11) is -2.18. The third-order valence-electron chi connectivity index (χ3n) is 3.31. The summed E-state index contributed by atoms with van der Waals surface area (Å²) < 4.78 is 34.4. The number of ether oxygens (including phenoxy) is 1. The smallest absolute Gasteiger partial charge is 0.244 e. The van der Waals surface area contributed by atoms with Crippen LogP contribution in [-0.4, -0.2) is 25.3 Å². The molecule has 2 rings (SSSR count). The molecule has 1 aromatic carbocycles. The van der Waals surface area contributed by atoms with Gasteiger partial charge in [0.25, 0.3) is 0 Å². The highest BCUT2D eigenvalue weighted by Gasteiger charge is 2.19. The molecule has 0 amide bonds. The Morgan fingerprint density at radius 2 is 2.05 bits per heavy atom. The van der Waals surface area contributed by atoms with Crippen molar-refractivity contribution < 1.29 is 13.2 Å². The Bertz CT molecular complexity index is 738. The first-order valence-corrected chi connectivity index (χ1v) is 8.62. The zero-order valence-electron chi connectivity index (χ0n) is 13.0. The summed E-state index contributed by atoms with van der Waals surface area (Å²) in [5.41, 5.74) is 1.70. The number of hydrogen-bond donors (Lipinski definition) is 1. The lowest BCUT2D eigenvalue weighted by Gasteiger charge is -2.10. The minimum atomic E-state index is -3.63. The van der Waals surface area contributed by atoms with Gasteiger partial charge in [-0.25, -0.2) is 13.1 Å². The van der Waals surface area contributed by atoms with E-state index in [1.807, 2.05) is 17.8 Å².